The first-order valence-corrected chi connectivity index (χ1v) is 3.50. The van der Waals surface area contributed by atoms with Gasteiger partial charge in [0.1, 0.15) is 5.75 Å². The molecule has 0 bridgehead atoms. The lowest BCUT2D eigenvalue weighted by Gasteiger charge is -2.00. The third kappa shape index (κ3) is 1.49. The number of hydrogen-bond donors (Lipinski definition) is 1. The van der Waals surface area contributed by atoms with Gasteiger partial charge in [0.05, 0.1) is 11.8 Å². The minimum atomic E-state index is -0.127. The van der Waals surface area contributed by atoms with Gasteiger partial charge >= 0.3 is 0 Å². The average Bonchev–Trinajstić information content (AvgIpc) is 2.04. The molecule has 58 valence electrons. The Balaban J connectivity index is 3.24. The molecule has 0 spiro atoms. The van der Waals surface area contributed by atoms with Crippen LogP contribution in [0.4, 0.5) is 0 Å². The van der Waals surface area contributed by atoms with Crippen LogP contribution in [0.2, 0.25) is 0 Å². The van der Waals surface area contributed by atoms with Gasteiger partial charge in [-0.15, -0.1) is 11.6 Å². The van der Waals surface area contributed by atoms with Crippen LogP contribution in [0, 0.1) is 0 Å². The minimum absolute atomic E-state index is 0.127. The van der Waals surface area contributed by atoms with E-state index >= 15 is 0 Å². The van der Waals surface area contributed by atoms with Crippen molar-refractivity contribution in [2.24, 2.45) is 0 Å². The highest BCUT2D eigenvalue weighted by atomic mass is 35.5. The number of carbonyl (C=O) groups is 1. The lowest BCUT2D eigenvalue weighted by Crippen LogP contribution is -1.91. The summed E-state index contributed by atoms with van der Waals surface area (Å²) >= 11 is 5.47. The Kier molecular flexibility index (Phi) is 2.44. The number of alkyl halides is 1. The fourth-order valence-electron chi connectivity index (χ4n) is 0.744. The standard InChI is InChI=1S/C7H6ClNO2/c8-1-5-2-9-3-7(11)6(5)4-10/h2-4,11H,1H2. The third-order valence-electron chi connectivity index (χ3n) is 1.31. The Morgan fingerprint density at radius 1 is 1.64 bits per heavy atom. The predicted molar refractivity (Wildman–Crippen MR) is 40.8 cm³/mol. The second-order valence-electron chi connectivity index (χ2n) is 1.98. The van der Waals surface area contributed by atoms with Crippen LogP contribution in [-0.4, -0.2) is 16.4 Å². The predicted octanol–water partition coefficient (Wildman–Crippen LogP) is 1.34. The van der Waals surface area contributed by atoms with Gasteiger partial charge in [-0.2, -0.15) is 0 Å². The number of pyridine rings is 1. The van der Waals surface area contributed by atoms with Crippen molar-refractivity contribution in [1.29, 1.82) is 0 Å². The summed E-state index contributed by atoms with van der Waals surface area (Å²) in [5, 5.41) is 9.07. The van der Waals surface area contributed by atoms with Gasteiger partial charge in [-0.25, -0.2) is 0 Å². The van der Waals surface area contributed by atoms with Crippen molar-refractivity contribution in [2.75, 3.05) is 0 Å². The van der Waals surface area contributed by atoms with Gasteiger partial charge in [0.25, 0.3) is 0 Å². The van der Waals surface area contributed by atoms with Crippen LogP contribution in [-0.2, 0) is 5.88 Å². The second-order valence-corrected chi connectivity index (χ2v) is 2.25. The second kappa shape index (κ2) is 3.34. The first kappa shape index (κ1) is 8.01. The first-order valence-electron chi connectivity index (χ1n) is 2.96. The quantitative estimate of drug-likeness (QED) is 0.540. The third-order valence-corrected chi connectivity index (χ3v) is 1.60. The lowest BCUT2D eigenvalue weighted by atomic mass is 10.2. The molecule has 3 nitrogen and oxygen atoms in total. The highest BCUT2D eigenvalue weighted by Gasteiger charge is 2.05. The molecule has 1 rings (SSSR count). The summed E-state index contributed by atoms with van der Waals surface area (Å²) in [6.45, 7) is 0. The van der Waals surface area contributed by atoms with E-state index in [1.54, 1.807) is 0 Å². The van der Waals surface area contributed by atoms with Crippen LogP contribution in [0.3, 0.4) is 0 Å². The zero-order valence-electron chi connectivity index (χ0n) is 5.62. The van der Waals surface area contributed by atoms with E-state index in [1.807, 2.05) is 0 Å². The summed E-state index contributed by atoms with van der Waals surface area (Å²) in [6, 6.07) is 0. The molecule has 0 saturated heterocycles. The Morgan fingerprint density at radius 2 is 2.36 bits per heavy atom. The normalized spacial score (nSPS) is 9.55. The molecule has 1 aromatic heterocycles. The van der Waals surface area contributed by atoms with Crippen LogP contribution < -0.4 is 0 Å². The molecule has 11 heavy (non-hydrogen) atoms. The van der Waals surface area contributed by atoms with Crippen molar-refractivity contribution in [2.45, 2.75) is 5.88 Å². The molecule has 0 unspecified atom stereocenters. The molecule has 0 amide bonds. The van der Waals surface area contributed by atoms with Crippen molar-refractivity contribution in [3.63, 3.8) is 0 Å². The summed E-state index contributed by atoms with van der Waals surface area (Å²) < 4.78 is 0. The number of hydrogen-bond acceptors (Lipinski definition) is 3. The molecule has 0 aliphatic carbocycles. The van der Waals surface area contributed by atoms with Crippen molar-refractivity contribution in [3.8, 4) is 5.75 Å². The van der Waals surface area contributed by atoms with E-state index in [0.29, 0.717) is 11.8 Å². The molecule has 1 N–H and O–H groups in total. The van der Waals surface area contributed by atoms with E-state index in [-0.39, 0.29) is 17.2 Å². The Bertz CT molecular complexity index is 275. The largest absolute Gasteiger partial charge is 0.506 e. The Morgan fingerprint density at radius 3 is 2.82 bits per heavy atom. The number of carbonyl (C=O) groups excluding carboxylic acids is 1. The average molecular weight is 172 g/mol. The fraction of sp³-hybridized carbons (Fsp3) is 0.143. The molecule has 1 aromatic rings. The zero-order valence-corrected chi connectivity index (χ0v) is 6.38. The number of aldehydes is 1. The highest BCUT2D eigenvalue weighted by molar-refractivity contribution is 6.17. The fourth-order valence-corrected chi connectivity index (χ4v) is 0.957. The number of halogens is 1. The van der Waals surface area contributed by atoms with Crippen molar-refractivity contribution in [1.82, 2.24) is 4.98 Å². The van der Waals surface area contributed by atoms with Crippen molar-refractivity contribution < 1.29 is 9.90 Å². The molecule has 0 aromatic carbocycles. The number of aromatic hydroxyl groups is 1. The van der Waals surface area contributed by atoms with Crippen LogP contribution in [0.25, 0.3) is 0 Å². The summed E-state index contributed by atoms with van der Waals surface area (Å²) in [4.78, 5) is 14.0. The van der Waals surface area contributed by atoms with Gasteiger partial charge in [-0.1, -0.05) is 0 Å². The van der Waals surface area contributed by atoms with Gasteiger partial charge in [0.15, 0.2) is 6.29 Å². The SMILES string of the molecule is O=Cc1c(O)cncc1CCl. The molecule has 0 radical (unpaired) electrons. The molecule has 0 saturated carbocycles. The lowest BCUT2D eigenvalue weighted by molar-refractivity contribution is 0.112. The van der Waals surface area contributed by atoms with Crippen molar-refractivity contribution >= 4 is 17.9 Å². The highest BCUT2D eigenvalue weighted by Crippen LogP contribution is 2.18. The number of rotatable bonds is 2. The Labute approximate surface area is 68.6 Å². The van der Waals surface area contributed by atoms with Gasteiger partial charge < -0.3 is 5.11 Å². The van der Waals surface area contributed by atoms with E-state index in [1.165, 1.54) is 12.4 Å². The maximum Gasteiger partial charge on any atom is 0.154 e. The molecule has 0 aliphatic rings. The molecule has 4 heteroatoms. The number of nitrogens with zero attached hydrogens (tertiary/aromatic N) is 1. The van der Waals surface area contributed by atoms with Crippen LogP contribution in [0.5, 0.6) is 5.75 Å². The van der Waals surface area contributed by atoms with E-state index in [9.17, 15) is 4.79 Å². The van der Waals surface area contributed by atoms with Gasteiger partial charge in [0.2, 0.25) is 0 Å². The van der Waals surface area contributed by atoms with Crippen LogP contribution in [0.15, 0.2) is 12.4 Å². The molecular weight excluding hydrogens is 166 g/mol. The maximum atomic E-state index is 10.4. The molecular formula is C7H6ClNO2. The summed E-state index contributed by atoms with van der Waals surface area (Å²) in [5.74, 6) is 0.0494. The smallest absolute Gasteiger partial charge is 0.154 e. The van der Waals surface area contributed by atoms with E-state index in [0.717, 1.165) is 0 Å². The molecule has 1 heterocycles. The van der Waals surface area contributed by atoms with E-state index in [4.69, 9.17) is 16.7 Å². The van der Waals surface area contributed by atoms with Gasteiger partial charge in [0, 0.05) is 12.1 Å². The summed E-state index contributed by atoms with van der Waals surface area (Å²) in [7, 11) is 0. The maximum absolute atomic E-state index is 10.4. The number of aromatic nitrogens is 1. The molecule has 0 atom stereocenters. The molecule has 0 fully saturated rings. The van der Waals surface area contributed by atoms with E-state index in [2.05, 4.69) is 4.98 Å². The monoisotopic (exact) mass is 171 g/mol. The van der Waals surface area contributed by atoms with Crippen molar-refractivity contribution in [3.05, 3.63) is 23.5 Å². The molecule has 0 aliphatic heterocycles. The Hall–Kier alpha value is -1.09. The minimum Gasteiger partial charge on any atom is -0.506 e. The van der Waals surface area contributed by atoms with Gasteiger partial charge in [-0.3, -0.25) is 9.78 Å². The van der Waals surface area contributed by atoms with E-state index < -0.39 is 0 Å². The van der Waals surface area contributed by atoms with Crippen LogP contribution in [0.1, 0.15) is 15.9 Å². The summed E-state index contributed by atoms with van der Waals surface area (Å²) in [6.07, 6.45) is 3.23. The zero-order chi connectivity index (χ0) is 8.27. The van der Waals surface area contributed by atoms with Crippen LogP contribution >= 0.6 is 11.6 Å². The summed E-state index contributed by atoms with van der Waals surface area (Å²) in [5.41, 5.74) is 0.761. The topological polar surface area (TPSA) is 50.2 Å². The van der Waals surface area contributed by atoms with Gasteiger partial charge in [-0.05, 0) is 5.56 Å². The first-order chi connectivity index (χ1) is 5.29.